The number of hydrogen-bond acceptors (Lipinski definition) is 4. The Balaban J connectivity index is 2.51. The Labute approximate surface area is 77.8 Å². The number of rotatable bonds is 1. The summed E-state index contributed by atoms with van der Waals surface area (Å²) >= 11 is 0. The normalized spacial score (nSPS) is 22.5. The van der Waals surface area contributed by atoms with Crippen molar-refractivity contribution in [2.24, 2.45) is 0 Å². The van der Waals surface area contributed by atoms with Gasteiger partial charge in [-0.1, -0.05) is 0 Å². The second-order valence-electron chi connectivity index (χ2n) is 2.99. The van der Waals surface area contributed by atoms with Crippen LogP contribution in [0.1, 0.15) is 0 Å². The maximum atomic E-state index is 11.1. The van der Waals surface area contributed by atoms with E-state index in [4.69, 9.17) is 0 Å². The Morgan fingerprint density at radius 2 is 2.31 bits per heavy atom. The Bertz CT molecular complexity index is 222. The molecule has 72 valence electrons. The summed E-state index contributed by atoms with van der Waals surface area (Å²) in [5, 5.41) is 2.99. The molecule has 1 aliphatic rings. The fraction of sp³-hybridized carbons (Fsp3) is 0.714. The number of piperazine rings is 1. The zero-order valence-electron chi connectivity index (χ0n) is 7.87. The maximum absolute atomic E-state index is 11.1. The smallest absolute Gasteiger partial charge is 0.324 e. The quantitative estimate of drug-likeness (QED) is 0.385. The Morgan fingerprint density at radius 3 is 2.85 bits per heavy atom. The summed E-state index contributed by atoms with van der Waals surface area (Å²) in [6.07, 6.45) is 0. The fourth-order valence-electron chi connectivity index (χ4n) is 1.34. The van der Waals surface area contributed by atoms with Crippen LogP contribution < -0.4 is 5.32 Å². The van der Waals surface area contributed by atoms with E-state index >= 15 is 0 Å². The van der Waals surface area contributed by atoms with E-state index in [1.54, 1.807) is 4.90 Å². The van der Waals surface area contributed by atoms with Gasteiger partial charge in [-0.2, -0.15) is 0 Å². The number of esters is 1. The summed E-state index contributed by atoms with van der Waals surface area (Å²) in [5.41, 5.74) is 0. The lowest BCUT2D eigenvalue weighted by molar-refractivity contribution is -0.143. The standard InChI is InChI=1S/C7H13BN2O3/c1-13-6(11)5-4-10(7(8)12)3-2-9-5/h5,9H,2-4,8H2,1H3/t5-/m1/s1. The highest BCUT2D eigenvalue weighted by Gasteiger charge is 2.26. The molecule has 1 amide bonds. The average Bonchev–Trinajstić information content (AvgIpc) is 2.17. The molecule has 0 aromatic heterocycles. The maximum Gasteiger partial charge on any atom is 0.324 e. The topological polar surface area (TPSA) is 58.6 Å². The number of methoxy groups -OCH3 is 1. The van der Waals surface area contributed by atoms with Crippen molar-refractivity contribution in [2.75, 3.05) is 26.7 Å². The van der Waals surface area contributed by atoms with E-state index in [1.807, 2.05) is 0 Å². The monoisotopic (exact) mass is 184 g/mol. The summed E-state index contributed by atoms with van der Waals surface area (Å²) < 4.78 is 4.58. The van der Waals surface area contributed by atoms with E-state index in [-0.39, 0.29) is 17.8 Å². The molecule has 0 aromatic rings. The van der Waals surface area contributed by atoms with Crippen LogP contribution in [0.25, 0.3) is 0 Å². The Hall–Kier alpha value is -1.04. The third-order valence-electron chi connectivity index (χ3n) is 2.11. The molecule has 0 radical (unpaired) electrons. The lowest BCUT2D eigenvalue weighted by Gasteiger charge is -2.31. The zero-order chi connectivity index (χ0) is 9.84. The number of hydrogen-bond donors (Lipinski definition) is 1. The zero-order valence-corrected chi connectivity index (χ0v) is 7.87. The summed E-state index contributed by atoms with van der Waals surface area (Å²) in [6.45, 7) is 1.70. The summed E-state index contributed by atoms with van der Waals surface area (Å²) in [5.74, 6) is -0.318. The van der Waals surface area contributed by atoms with E-state index in [1.165, 1.54) is 15.0 Å². The van der Waals surface area contributed by atoms with Crippen LogP contribution in [0.5, 0.6) is 0 Å². The number of nitrogens with one attached hydrogen (secondary N) is 1. The van der Waals surface area contributed by atoms with Gasteiger partial charge in [-0.3, -0.25) is 9.59 Å². The first kappa shape index (κ1) is 10.0. The van der Waals surface area contributed by atoms with E-state index in [0.29, 0.717) is 19.6 Å². The molecule has 0 bridgehead atoms. The number of carbonyl (C=O) groups is 2. The molecule has 1 heterocycles. The molecule has 1 fully saturated rings. The number of nitrogens with zero attached hydrogens (tertiary/aromatic N) is 1. The number of amides is 1. The third-order valence-corrected chi connectivity index (χ3v) is 2.11. The first-order valence-electron chi connectivity index (χ1n) is 4.22. The number of carbonyl (C=O) groups excluding carboxylic acids is 2. The molecule has 6 heteroatoms. The lowest BCUT2D eigenvalue weighted by Crippen LogP contribution is -2.55. The SMILES string of the molecule is BC(=O)N1CCN[C@@H](C(=O)OC)C1. The van der Waals surface area contributed by atoms with E-state index in [0.717, 1.165) is 0 Å². The van der Waals surface area contributed by atoms with Crippen molar-refractivity contribution >= 4 is 19.6 Å². The van der Waals surface area contributed by atoms with Gasteiger partial charge in [-0.25, -0.2) is 0 Å². The van der Waals surface area contributed by atoms with Gasteiger partial charge in [-0.15, -0.1) is 0 Å². The first-order chi connectivity index (χ1) is 6.15. The average molecular weight is 184 g/mol. The third kappa shape index (κ3) is 2.45. The van der Waals surface area contributed by atoms with Gasteiger partial charge in [0.25, 0.3) is 0 Å². The fourth-order valence-corrected chi connectivity index (χ4v) is 1.34. The molecule has 0 aliphatic carbocycles. The predicted octanol–water partition coefficient (Wildman–Crippen LogP) is -1.81. The van der Waals surface area contributed by atoms with Gasteiger partial charge in [-0.05, 0) is 0 Å². The Kier molecular flexibility index (Phi) is 3.30. The molecule has 13 heavy (non-hydrogen) atoms. The van der Waals surface area contributed by atoms with E-state index < -0.39 is 0 Å². The molecular formula is C7H13BN2O3. The van der Waals surface area contributed by atoms with Gasteiger partial charge in [0.2, 0.25) is 7.85 Å². The first-order valence-corrected chi connectivity index (χ1v) is 4.22. The van der Waals surface area contributed by atoms with Gasteiger partial charge < -0.3 is 15.0 Å². The van der Waals surface area contributed by atoms with Crippen LogP contribution in [0.2, 0.25) is 0 Å². The number of ether oxygens (including phenoxy) is 1. The highest BCUT2D eigenvalue weighted by atomic mass is 16.5. The van der Waals surface area contributed by atoms with E-state index in [9.17, 15) is 9.59 Å². The lowest BCUT2D eigenvalue weighted by atomic mass is 10.1. The van der Waals surface area contributed by atoms with Crippen LogP contribution in [-0.2, 0) is 9.53 Å². The minimum atomic E-state index is -0.373. The van der Waals surface area contributed by atoms with Gasteiger partial charge in [0.1, 0.15) is 6.04 Å². The van der Waals surface area contributed by atoms with Crippen LogP contribution in [0.15, 0.2) is 0 Å². The van der Waals surface area contributed by atoms with E-state index in [2.05, 4.69) is 10.1 Å². The highest BCUT2D eigenvalue weighted by molar-refractivity contribution is 6.56. The van der Waals surface area contributed by atoms with Crippen LogP contribution in [0, 0.1) is 0 Å². The van der Waals surface area contributed by atoms with Gasteiger partial charge in [0.15, 0.2) is 5.81 Å². The molecule has 0 aromatic carbocycles. The Morgan fingerprint density at radius 1 is 1.62 bits per heavy atom. The van der Waals surface area contributed by atoms with Crippen molar-refractivity contribution in [3.63, 3.8) is 0 Å². The summed E-state index contributed by atoms with van der Waals surface area (Å²) in [4.78, 5) is 23.8. The molecule has 1 rings (SSSR count). The molecule has 1 N–H and O–H groups in total. The van der Waals surface area contributed by atoms with Gasteiger partial charge in [0.05, 0.1) is 7.11 Å². The molecule has 1 saturated heterocycles. The summed E-state index contributed by atoms with van der Waals surface area (Å²) in [6, 6.07) is -0.373. The molecule has 0 spiro atoms. The highest BCUT2D eigenvalue weighted by Crippen LogP contribution is 2.00. The van der Waals surface area contributed by atoms with Crippen molar-refractivity contribution in [1.29, 1.82) is 0 Å². The van der Waals surface area contributed by atoms with Crippen LogP contribution in [0.3, 0.4) is 0 Å². The molecular weight excluding hydrogens is 171 g/mol. The van der Waals surface area contributed by atoms with Crippen LogP contribution in [-0.4, -0.2) is 57.3 Å². The van der Waals surface area contributed by atoms with Crippen molar-refractivity contribution < 1.29 is 14.3 Å². The van der Waals surface area contributed by atoms with Crippen molar-refractivity contribution in [3.05, 3.63) is 0 Å². The summed E-state index contributed by atoms with van der Waals surface area (Å²) in [7, 11) is 2.84. The van der Waals surface area contributed by atoms with Crippen molar-refractivity contribution in [2.45, 2.75) is 6.04 Å². The predicted molar refractivity (Wildman–Crippen MR) is 49.3 cm³/mol. The molecule has 0 unspecified atom stereocenters. The molecule has 1 atom stereocenters. The van der Waals surface area contributed by atoms with Crippen molar-refractivity contribution in [1.82, 2.24) is 10.2 Å². The second-order valence-corrected chi connectivity index (χ2v) is 2.99. The largest absolute Gasteiger partial charge is 0.468 e. The molecule has 1 aliphatic heterocycles. The second kappa shape index (κ2) is 4.27. The minimum absolute atomic E-state index is 0.00426. The van der Waals surface area contributed by atoms with Crippen molar-refractivity contribution in [3.8, 4) is 0 Å². The van der Waals surface area contributed by atoms with Gasteiger partial charge in [0, 0.05) is 19.6 Å². The van der Waals surface area contributed by atoms with Gasteiger partial charge >= 0.3 is 5.97 Å². The minimum Gasteiger partial charge on any atom is -0.468 e. The molecule has 5 nitrogen and oxygen atoms in total. The molecule has 0 saturated carbocycles. The van der Waals surface area contributed by atoms with Crippen LogP contribution in [0.4, 0.5) is 4.79 Å². The van der Waals surface area contributed by atoms with Crippen LogP contribution >= 0.6 is 0 Å².